The van der Waals surface area contributed by atoms with E-state index in [0.717, 1.165) is 0 Å². The van der Waals surface area contributed by atoms with E-state index in [4.69, 9.17) is 11.6 Å². The Balaban J connectivity index is 4.65. The number of amidine groups is 1. The zero-order chi connectivity index (χ0) is 14.9. The summed E-state index contributed by atoms with van der Waals surface area (Å²) in [5, 5.41) is 2.80. The van der Waals surface area contributed by atoms with Crippen molar-refractivity contribution in [2.45, 2.75) is 45.3 Å². The van der Waals surface area contributed by atoms with Crippen LogP contribution in [0.1, 0.15) is 33.1 Å². The predicted molar refractivity (Wildman–Crippen MR) is 74.0 cm³/mol. The van der Waals surface area contributed by atoms with Gasteiger partial charge in [0, 0.05) is 24.2 Å². The fourth-order valence-electron chi connectivity index (χ4n) is 1.32. The smallest absolute Gasteiger partial charge is 0.375 e. The van der Waals surface area contributed by atoms with Crippen molar-refractivity contribution in [1.29, 1.82) is 0 Å². The van der Waals surface area contributed by atoms with E-state index >= 15 is 0 Å². The van der Waals surface area contributed by atoms with Gasteiger partial charge in [0.05, 0.1) is 6.00 Å². The third kappa shape index (κ3) is 10.6. The summed E-state index contributed by atoms with van der Waals surface area (Å²) in [4.78, 5) is 7.91. The van der Waals surface area contributed by atoms with Crippen LogP contribution in [-0.2, 0) is 0 Å². The van der Waals surface area contributed by atoms with E-state index in [0.29, 0.717) is 11.5 Å². The maximum Gasteiger partial charge on any atom is 0.389 e. The van der Waals surface area contributed by atoms with Crippen molar-refractivity contribution in [3.63, 3.8) is 0 Å². The average molecular weight is 298 g/mol. The largest absolute Gasteiger partial charge is 0.389 e. The Bertz CT molecular complexity index is 336. The Labute approximate surface area is 116 Å². The lowest BCUT2D eigenvalue weighted by atomic mass is 10.2. The molecule has 0 aromatic rings. The molecule has 0 atom stereocenters. The molecule has 1 N–H and O–H groups in total. The number of hydrogen-bond acceptors (Lipinski definition) is 2. The van der Waals surface area contributed by atoms with E-state index in [1.54, 1.807) is 6.08 Å². The Morgan fingerprint density at radius 2 is 2.05 bits per heavy atom. The van der Waals surface area contributed by atoms with Gasteiger partial charge in [-0.05, 0) is 33.4 Å². The molecule has 0 saturated heterocycles. The van der Waals surface area contributed by atoms with Crippen molar-refractivity contribution >= 4 is 24.2 Å². The quantitative estimate of drug-likeness (QED) is 0.329. The molecule has 0 aromatic heterocycles. The summed E-state index contributed by atoms with van der Waals surface area (Å²) in [7, 11) is 0. The molecule has 3 nitrogen and oxygen atoms in total. The molecule has 7 heteroatoms. The highest BCUT2D eigenvalue weighted by atomic mass is 35.5. The normalized spacial score (nSPS) is 13.8. The third-order valence-corrected chi connectivity index (χ3v) is 2.19. The molecular weight excluding hydrogens is 279 g/mol. The molecule has 0 radical (unpaired) electrons. The lowest BCUT2D eigenvalue weighted by molar-refractivity contribution is -0.135. The summed E-state index contributed by atoms with van der Waals surface area (Å²) in [6.45, 7) is 7.13. The molecule has 0 aliphatic heterocycles. The minimum absolute atomic E-state index is 0.00861. The van der Waals surface area contributed by atoms with Gasteiger partial charge in [-0.25, -0.2) is 4.99 Å². The zero-order valence-electron chi connectivity index (χ0n) is 11.1. The summed E-state index contributed by atoms with van der Waals surface area (Å²) >= 11 is 5.54. The van der Waals surface area contributed by atoms with Crippen LogP contribution in [0.15, 0.2) is 21.8 Å². The molecule has 0 bridgehead atoms. The topological polar surface area (TPSA) is 36.8 Å². The van der Waals surface area contributed by atoms with Crippen molar-refractivity contribution in [1.82, 2.24) is 5.32 Å². The average Bonchev–Trinajstić information content (AvgIpc) is 2.25. The number of hydrogen-bond donors (Lipinski definition) is 1. The van der Waals surface area contributed by atoms with Crippen LogP contribution in [0.25, 0.3) is 0 Å². The molecule has 0 unspecified atom stereocenters. The number of alkyl halides is 4. The first-order chi connectivity index (χ1) is 8.78. The molecule has 110 valence electrons. The second kappa shape index (κ2) is 8.96. The standard InChI is InChI=1S/C12H19ClF3N3/c1-9(2)19-11(17-3)7-10(18-8-13)5-4-6-12(14,15)16/h7,9,18H,3-6,8H2,1-2H3. The maximum atomic E-state index is 12.1. The van der Waals surface area contributed by atoms with Crippen LogP contribution in [0.3, 0.4) is 0 Å². The molecule has 0 aromatic carbocycles. The van der Waals surface area contributed by atoms with Crippen molar-refractivity contribution in [2.24, 2.45) is 9.98 Å². The lowest BCUT2D eigenvalue weighted by Gasteiger charge is -2.10. The lowest BCUT2D eigenvalue weighted by Crippen LogP contribution is -2.14. The SMILES string of the molecule is C=NC(C=C(CCCC(F)(F)F)NCCl)=NC(C)C. The first kappa shape index (κ1) is 18.0. The van der Waals surface area contributed by atoms with Crippen LogP contribution in [0.4, 0.5) is 13.2 Å². The molecule has 0 spiro atoms. The first-order valence-electron chi connectivity index (χ1n) is 5.90. The van der Waals surface area contributed by atoms with Crippen LogP contribution in [-0.4, -0.2) is 30.8 Å². The van der Waals surface area contributed by atoms with Crippen LogP contribution in [0.5, 0.6) is 0 Å². The Morgan fingerprint density at radius 1 is 1.42 bits per heavy atom. The van der Waals surface area contributed by atoms with E-state index < -0.39 is 12.6 Å². The molecule has 0 saturated carbocycles. The molecule has 0 fully saturated rings. The van der Waals surface area contributed by atoms with E-state index in [1.807, 2.05) is 13.8 Å². The van der Waals surface area contributed by atoms with Gasteiger partial charge in [0.15, 0.2) is 0 Å². The van der Waals surface area contributed by atoms with Crippen molar-refractivity contribution in [3.05, 3.63) is 11.8 Å². The van der Waals surface area contributed by atoms with Crippen molar-refractivity contribution in [2.75, 3.05) is 6.00 Å². The molecular formula is C12H19ClF3N3. The van der Waals surface area contributed by atoms with E-state index in [2.05, 4.69) is 22.0 Å². The predicted octanol–water partition coefficient (Wildman–Crippen LogP) is 3.90. The van der Waals surface area contributed by atoms with Gasteiger partial charge in [-0.2, -0.15) is 13.2 Å². The molecule has 0 heterocycles. The van der Waals surface area contributed by atoms with Crippen molar-refractivity contribution in [3.8, 4) is 0 Å². The van der Waals surface area contributed by atoms with Gasteiger partial charge in [0.25, 0.3) is 0 Å². The first-order valence-corrected chi connectivity index (χ1v) is 6.43. The van der Waals surface area contributed by atoms with Gasteiger partial charge in [0.2, 0.25) is 0 Å². The second-order valence-corrected chi connectivity index (χ2v) is 4.46. The minimum Gasteiger partial charge on any atom is -0.375 e. The molecule has 0 aliphatic carbocycles. The highest BCUT2D eigenvalue weighted by molar-refractivity contribution is 6.17. The number of nitrogens with one attached hydrogen (secondary N) is 1. The Morgan fingerprint density at radius 3 is 2.47 bits per heavy atom. The van der Waals surface area contributed by atoms with Gasteiger partial charge < -0.3 is 5.32 Å². The van der Waals surface area contributed by atoms with Gasteiger partial charge in [-0.15, -0.1) is 11.6 Å². The molecule has 0 amide bonds. The van der Waals surface area contributed by atoms with E-state index in [-0.39, 0.29) is 24.9 Å². The van der Waals surface area contributed by atoms with E-state index in [1.165, 1.54) is 0 Å². The monoisotopic (exact) mass is 297 g/mol. The van der Waals surface area contributed by atoms with Crippen molar-refractivity contribution < 1.29 is 13.2 Å². The molecule has 0 aliphatic rings. The summed E-state index contributed by atoms with van der Waals surface area (Å²) in [5.41, 5.74) is 0.575. The van der Waals surface area contributed by atoms with Crippen LogP contribution < -0.4 is 5.32 Å². The van der Waals surface area contributed by atoms with E-state index in [9.17, 15) is 13.2 Å². The van der Waals surface area contributed by atoms with Crippen LogP contribution in [0.2, 0.25) is 0 Å². The number of allylic oxidation sites excluding steroid dienone is 1. The number of halogens is 4. The fourth-order valence-corrected chi connectivity index (χ4v) is 1.49. The second-order valence-electron chi connectivity index (χ2n) is 4.19. The van der Waals surface area contributed by atoms with Gasteiger partial charge in [-0.1, -0.05) is 0 Å². The minimum atomic E-state index is -4.14. The van der Waals surface area contributed by atoms with Gasteiger partial charge in [-0.3, -0.25) is 4.99 Å². The summed E-state index contributed by atoms with van der Waals surface area (Å²) in [5.74, 6) is 0.384. The Kier molecular flexibility index (Phi) is 8.47. The summed E-state index contributed by atoms with van der Waals surface area (Å²) in [6, 6.07) is 0.147. The Hall–Kier alpha value is -1.04. The highest BCUT2D eigenvalue weighted by Crippen LogP contribution is 2.23. The molecule has 19 heavy (non-hydrogen) atoms. The fraction of sp³-hybridized carbons (Fsp3) is 0.667. The maximum absolute atomic E-state index is 12.1. The summed E-state index contributed by atoms with van der Waals surface area (Å²) in [6.07, 6.45) is -3.17. The van der Waals surface area contributed by atoms with Crippen LogP contribution >= 0.6 is 11.6 Å². The number of nitrogens with zero attached hydrogens (tertiary/aromatic N) is 2. The van der Waals surface area contributed by atoms with Gasteiger partial charge in [0.1, 0.15) is 5.84 Å². The number of aliphatic imine (C=N–C) groups is 2. The summed E-state index contributed by atoms with van der Waals surface area (Å²) < 4.78 is 36.2. The third-order valence-electron chi connectivity index (χ3n) is 2.06. The highest BCUT2D eigenvalue weighted by Gasteiger charge is 2.26. The number of rotatable bonds is 7. The van der Waals surface area contributed by atoms with Crippen LogP contribution in [0, 0.1) is 0 Å². The molecule has 0 rings (SSSR count). The van der Waals surface area contributed by atoms with Gasteiger partial charge >= 0.3 is 6.18 Å². The zero-order valence-corrected chi connectivity index (χ0v) is 11.9.